The molecule has 0 spiro atoms. The molecule has 0 aromatic carbocycles. The van der Waals surface area contributed by atoms with Gasteiger partial charge in [0, 0.05) is 38.2 Å². The van der Waals surface area contributed by atoms with Gasteiger partial charge in [-0.05, 0) is 38.6 Å². The van der Waals surface area contributed by atoms with Crippen LogP contribution in [0.15, 0.2) is 16.9 Å². The Kier molecular flexibility index (Phi) is 5.70. The Morgan fingerprint density at radius 3 is 2.83 bits per heavy atom. The Morgan fingerprint density at radius 2 is 2.09 bits per heavy atom. The van der Waals surface area contributed by atoms with Gasteiger partial charge in [0.15, 0.2) is 0 Å². The molecule has 0 N–H and O–H groups in total. The fraction of sp³-hybridized carbons (Fsp3) is 0.778. The number of amides is 1. The first kappa shape index (κ1) is 16.5. The summed E-state index contributed by atoms with van der Waals surface area (Å²) in [5.41, 5.74) is 0.960. The highest BCUT2D eigenvalue weighted by Gasteiger charge is 2.27. The lowest BCUT2D eigenvalue weighted by atomic mass is 9.89. The summed E-state index contributed by atoms with van der Waals surface area (Å²) in [5.74, 6) is 1.09. The quantitative estimate of drug-likeness (QED) is 0.837. The van der Waals surface area contributed by atoms with Gasteiger partial charge in [-0.1, -0.05) is 24.4 Å². The van der Waals surface area contributed by atoms with Gasteiger partial charge in [0.25, 0.3) is 0 Å². The third kappa shape index (κ3) is 4.56. The Morgan fingerprint density at radius 1 is 1.26 bits per heavy atom. The second-order valence-electron chi connectivity index (χ2n) is 7.23. The molecular weight excluding hydrogens is 290 g/mol. The molecule has 128 valence electrons. The molecule has 23 heavy (non-hydrogen) atoms. The van der Waals surface area contributed by atoms with Crippen molar-refractivity contribution in [3.05, 3.63) is 18.0 Å². The van der Waals surface area contributed by atoms with Crippen molar-refractivity contribution in [2.75, 3.05) is 20.1 Å². The van der Waals surface area contributed by atoms with Crippen molar-refractivity contribution in [2.45, 2.75) is 64.0 Å². The van der Waals surface area contributed by atoms with Crippen molar-refractivity contribution in [1.29, 1.82) is 0 Å². The molecule has 1 atom stereocenters. The molecule has 1 amide bonds. The van der Waals surface area contributed by atoms with E-state index in [1.54, 1.807) is 6.26 Å². The summed E-state index contributed by atoms with van der Waals surface area (Å²) in [6, 6.07) is 2.36. The van der Waals surface area contributed by atoms with Crippen molar-refractivity contribution in [3.63, 3.8) is 0 Å². The smallest absolute Gasteiger partial charge is 0.222 e. The molecule has 2 fully saturated rings. The maximum atomic E-state index is 12.5. The van der Waals surface area contributed by atoms with Gasteiger partial charge in [0.2, 0.25) is 5.91 Å². The first-order chi connectivity index (χ1) is 11.2. The number of aromatic nitrogens is 1. The number of hydrogen-bond donors (Lipinski definition) is 0. The van der Waals surface area contributed by atoms with Crippen molar-refractivity contribution >= 4 is 5.91 Å². The van der Waals surface area contributed by atoms with Crippen molar-refractivity contribution in [1.82, 2.24) is 15.0 Å². The van der Waals surface area contributed by atoms with Crippen LogP contribution in [0.25, 0.3) is 0 Å². The first-order valence-corrected chi connectivity index (χ1v) is 9.09. The molecule has 5 heteroatoms. The van der Waals surface area contributed by atoms with Gasteiger partial charge < -0.3 is 9.42 Å². The number of likely N-dealkylation sites (tertiary alicyclic amines) is 1. The van der Waals surface area contributed by atoms with Gasteiger partial charge in [-0.15, -0.1) is 0 Å². The molecule has 1 aromatic rings. The van der Waals surface area contributed by atoms with E-state index in [4.69, 9.17) is 4.52 Å². The molecule has 0 radical (unpaired) electrons. The second kappa shape index (κ2) is 7.95. The molecule has 1 unspecified atom stereocenters. The SMILES string of the molecule is CN(Cc1ccon1)C1CCC(=O)N(CC2CCCCC2)CC1. The average Bonchev–Trinajstić information content (AvgIpc) is 3.00. The predicted octanol–water partition coefficient (Wildman–Crippen LogP) is 3.07. The molecule has 1 saturated carbocycles. The standard InChI is InChI=1S/C18H29N3O2/c1-20(14-16-10-12-23-19-16)17-7-8-18(22)21(11-9-17)13-15-5-3-2-4-6-15/h10,12,15,17H,2-9,11,13-14H2,1H3. The van der Waals surface area contributed by atoms with Gasteiger partial charge in [0.05, 0.1) is 5.69 Å². The van der Waals surface area contributed by atoms with Crippen LogP contribution in [0.4, 0.5) is 0 Å². The Bertz CT molecular complexity index is 482. The van der Waals surface area contributed by atoms with E-state index in [1.165, 1.54) is 32.1 Å². The first-order valence-electron chi connectivity index (χ1n) is 9.09. The topological polar surface area (TPSA) is 49.6 Å². The van der Waals surface area contributed by atoms with Gasteiger partial charge in [-0.2, -0.15) is 0 Å². The minimum absolute atomic E-state index is 0.355. The number of hydrogen-bond acceptors (Lipinski definition) is 4. The molecular formula is C18H29N3O2. The van der Waals surface area contributed by atoms with Crippen LogP contribution in [0.3, 0.4) is 0 Å². The van der Waals surface area contributed by atoms with Gasteiger partial charge >= 0.3 is 0 Å². The fourth-order valence-corrected chi connectivity index (χ4v) is 4.04. The van der Waals surface area contributed by atoms with Crippen LogP contribution in [0.2, 0.25) is 0 Å². The van der Waals surface area contributed by atoms with Gasteiger partial charge in [-0.3, -0.25) is 9.69 Å². The zero-order valence-corrected chi connectivity index (χ0v) is 14.2. The number of rotatable bonds is 5. The fourth-order valence-electron chi connectivity index (χ4n) is 4.04. The minimum atomic E-state index is 0.355. The second-order valence-corrected chi connectivity index (χ2v) is 7.23. The summed E-state index contributed by atoms with van der Waals surface area (Å²) >= 11 is 0. The molecule has 1 saturated heterocycles. The predicted molar refractivity (Wildman–Crippen MR) is 88.8 cm³/mol. The average molecular weight is 319 g/mol. The molecule has 1 aliphatic carbocycles. The molecule has 0 bridgehead atoms. The summed E-state index contributed by atoms with van der Waals surface area (Å²) in [4.78, 5) is 16.9. The minimum Gasteiger partial charge on any atom is -0.364 e. The van der Waals surface area contributed by atoms with Crippen molar-refractivity contribution in [2.24, 2.45) is 5.92 Å². The van der Waals surface area contributed by atoms with Gasteiger partial charge in [-0.25, -0.2) is 0 Å². The normalized spacial score (nSPS) is 24.2. The summed E-state index contributed by atoms with van der Waals surface area (Å²) in [6.45, 7) is 2.68. The van der Waals surface area contributed by atoms with E-state index < -0.39 is 0 Å². The maximum Gasteiger partial charge on any atom is 0.222 e. The zero-order valence-electron chi connectivity index (χ0n) is 14.2. The van der Waals surface area contributed by atoms with Crippen molar-refractivity contribution < 1.29 is 9.32 Å². The van der Waals surface area contributed by atoms with E-state index in [2.05, 4.69) is 22.0 Å². The molecule has 1 aliphatic heterocycles. The summed E-state index contributed by atoms with van der Waals surface area (Å²) in [6.07, 6.45) is 11.0. The van der Waals surface area contributed by atoms with E-state index in [1.807, 2.05) is 6.07 Å². The molecule has 2 heterocycles. The lowest BCUT2D eigenvalue weighted by Gasteiger charge is -2.29. The van der Waals surface area contributed by atoms with Crippen LogP contribution in [0.1, 0.15) is 57.1 Å². The molecule has 3 rings (SSSR count). The molecule has 1 aromatic heterocycles. The van der Waals surface area contributed by atoms with E-state index >= 15 is 0 Å². The van der Waals surface area contributed by atoms with E-state index in [9.17, 15) is 4.79 Å². The maximum absolute atomic E-state index is 12.5. The largest absolute Gasteiger partial charge is 0.364 e. The van der Waals surface area contributed by atoms with Crippen LogP contribution >= 0.6 is 0 Å². The van der Waals surface area contributed by atoms with E-state index in [0.29, 0.717) is 18.4 Å². The molecule has 5 nitrogen and oxygen atoms in total. The van der Waals surface area contributed by atoms with Crippen LogP contribution in [0, 0.1) is 5.92 Å². The highest BCUT2D eigenvalue weighted by Crippen LogP contribution is 2.26. The van der Waals surface area contributed by atoms with E-state index in [0.717, 1.165) is 44.1 Å². The Labute approximate surface area is 139 Å². The summed E-state index contributed by atoms with van der Waals surface area (Å²) in [5, 5.41) is 3.99. The highest BCUT2D eigenvalue weighted by molar-refractivity contribution is 5.76. The van der Waals surface area contributed by atoms with Crippen LogP contribution in [-0.2, 0) is 11.3 Å². The van der Waals surface area contributed by atoms with Crippen molar-refractivity contribution in [3.8, 4) is 0 Å². The lowest BCUT2D eigenvalue weighted by Crippen LogP contribution is -2.36. The molecule has 2 aliphatic rings. The lowest BCUT2D eigenvalue weighted by molar-refractivity contribution is -0.131. The Hall–Kier alpha value is -1.36. The summed E-state index contributed by atoms with van der Waals surface area (Å²) < 4.78 is 4.91. The van der Waals surface area contributed by atoms with Crippen LogP contribution in [0.5, 0.6) is 0 Å². The monoisotopic (exact) mass is 319 g/mol. The number of nitrogens with zero attached hydrogens (tertiary/aromatic N) is 3. The third-order valence-corrected chi connectivity index (χ3v) is 5.51. The summed E-state index contributed by atoms with van der Waals surface area (Å²) in [7, 11) is 2.13. The van der Waals surface area contributed by atoms with Crippen LogP contribution in [-0.4, -0.2) is 47.0 Å². The zero-order chi connectivity index (χ0) is 16.1. The number of carbonyl (C=O) groups excluding carboxylic acids is 1. The van der Waals surface area contributed by atoms with Crippen LogP contribution < -0.4 is 0 Å². The van der Waals surface area contributed by atoms with Gasteiger partial charge in [0.1, 0.15) is 6.26 Å². The highest BCUT2D eigenvalue weighted by atomic mass is 16.5. The van der Waals surface area contributed by atoms with E-state index in [-0.39, 0.29) is 0 Å². The Balaban J connectivity index is 1.51. The third-order valence-electron chi connectivity index (χ3n) is 5.51. The number of carbonyl (C=O) groups is 1.